The second-order valence-corrected chi connectivity index (χ2v) is 5.45. The van der Waals surface area contributed by atoms with Gasteiger partial charge in [-0.3, -0.25) is 0 Å². The van der Waals surface area contributed by atoms with Gasteiger partial charge in [-0.2, -0.15) is 5.26 Å². The van der Waals surface area contributed by atoms with Gasteiger partial charge in [0.1, 0.15) is 11.8 Å². The lowest BCUT2D eigenvalue weighted by Crippen LogP contribution is -2.09. The molecule has 0 fully saturated rings. The normalized spacial score (nSPS) is 11.9. The summed E-state index contributed by atoms with van der Waals surface area (Å²) in [6.45, 7) is 5.87. The zero-order valence-electron chi connectivity index (χ0n) is 12.0. The van der Waals surface area contributed by atoms with Gasteiger partial charge in [-0.05, 0) is 39.2 Å². The molecule has 0 saturated heterocycles. The van der Waals surface area contributed by atoms with Crippen molar-refractivity contribution in [2.75, 3.05) is 11.6 Å². The van der Waals surface area contributed by atoms with E-state index >= 15 is 0 Å². The van der Waals surface area contributed by atoms with Crippen molar-refractivity contribution in [1.29, 1.82) is 5.26 Å². The van der Waals surface area contributed by atoms with Crippen LogP contribution in [0.3, 0.4) is 0 Å². The average Bonchev–Trinajstić information content (AvgIpc) is 2.77. The molecule has 0 aliphatic heterocycles. The number of benzene rings is 1. The van der Waals surface area contributed by atoms with Crippen LogP contribution < -0.4 is 5.32 Å². The minimum atomic E-state index is 0.0328. The van der Waals surface area contributed by atoms with Crippen LogP contribution in [0.1, 0.15) is 35.5 Å². The lowest BCUT2D eigenvalue weighted by Gasteiger charge is -2.17. The smallest absolute Gasteiger partial charge is 0.139 e. The standard InChI is InChI=1S/C15H17N3OS/c1-9(15-10(2)18-19-11(15)3)17-13-6-5-7-14(20-4)12(13)8-16/h5-7,9,17H,1-4H3. The third kappa shape index (κ3) is 2.66. The largest absolute Gasteiger partial charge is 0.377 e. The second-order valence-electron chi connectivity index (χ2n) is 4.60. The van der Waals surface area contributed by atoms with E-state index in [-0.39, 0.29) is 6.04 Å². The molecule has 5 heteroatoms. The molecule has 1 N–H and O–H groups in total. The predicted molar refractivity (Wildman–Crippen MR) is 81.0 cm³/mol. The van der Waals surface area contributed by atoms with Crippen LogP contribution in [-0.4, -0.2) is 11.4 Å². The molecule has 1 heterocycles. The topological polar surface area (TPSA) is 61.9 Å². The molecule has 0 radical (unpaired) electrons. The summed E-state index contributed by atoms with van der Waals surface area (Å²) >= 11 is 1.57. The first-order valence-corrected chi connectivity index (χ1v) is 7.57. The maximum atomic E-state index is 9.35. The Morgan fingerprint density at radius 3 is 2.70 bits per heavy atom. The molecule has 0 aliphatic carbocycles. The third-order valence-electron chi connectivity index (χ3n) is 3.25. The lowest BCUT2D eigenvalue weighted by atomic mass is 10.1. The van der Waals surface area contributed by atoms with Crippen LogP contribution in [0.5, 0.6) is 0 Å². The highest BCUT2D eigenvalue weighted by atomic mass is 32.2. The summed E-state index contributed by atoms with van der Waals surface area (Å²) < 4.78 is 5.20. The molecular formula is C15H17N3OS. The van der Waals surface area contributed by atoms with Crippen molar-refractivity contribution >= 4 is 17.4 Å². The van der Waals surface area contributed by atoms with E-state index in [0.717, 1.165) is 27.6 Å². The van der Waals surface area contributed by atoms with E-state index in [4.69, 9.17) is 4.52 Å². The second kappa shape index (κ2) is 6.02. The van der Waals surface area contributed by atoms with Crippen molar-refractivity contribution in [1.82, 2.24) is 5.16 Å². The molecule has 0 bridgehead atoms. The van der Waals surface area contributed by atoms with Crippen LogP contribution in [0.25, 0.3) is 0 Å². The first kappa shape index (κ1) is 14.5. The predicted octanol–water partition coefficient (Wildman–Crippen LogP) is 4.06. The van der Waals surface area contributed by atoms with Crippen LogP contribution >= 0.6 is 11.8 Å². The molecule has 4 nitrogen and oxygen atoms in total. The van der Waals surface area contributed by atoms with Crippen molar-refractivity contribution < 1.29 is 4.52 Å². The van der Waals surface area contributed by atoms with Crippen molar-refractivity contribution in [3.63, 3.8) is 0 Å². The van der Waals surface area contributed by atoms with E-state index in [1.165, 1.54) is 0 Å². The van der Waals surface area contributed by atoms with Crippen molar-refractivity contribution in [2.45, 2.75) is 31.7 Å². The molecule has 1 unspecified atom stereocenters. The van der Waals surface area contributed by atoms with Crippen LogP contribution in [0, 0.1) is 25.2 Å². The fourth-order valence-electron chi connectivity index (χ4n) is 2.35. The van der Waals surface area contributed by atoms with Gasteiger partial charge in [0, 0.05) is 10.5 Å². The molecular weight excluding hydrogens is 270 g/mol. The van der Waals surface area contributed by atoms with Gasteiger partial charge in [-0.25, -0.2) is 0 Å². The Balaban J connectivity index is 2.34. The first-order chi connectivity index (χ1) is 9.58. The number of thioether (sulfide) groups is 1. The fourth-order valence-corrected chi connectivity index (χ4v) is 2.92. The van der Waals surface area contributed by atoms with Crippen LogP contribution in [0.4, 0.5) is 5.69 Å². The summed E-state index contributed by atoms with van der Waals surface area (Å²) in [6, 6.07) is 8.14. The number of hydrogen-bond acceptors (Lipinski definition) is 5. The number of nitrogens with zero attached hydrogens (tertiary/aromatic N) is 2. The van der Waals surface area contributed by atoms with E-state index in [1.807, 2.05) is 45.2 Å². The summed E-state index contributed by atoms with van der Waals surface area (Å²) in [6.07, 6.45) is 1.97. The Labute approximate surface area is 123 Å². The summed E-state index contributed by atoms with van der Waals surface area (Å²) in [5, 5.41) is 16.7. The van der Waals surface area contributed by atoms with Gasteiger partial charge in [0.2, 0.25) is 0 Å². The van der Waals surface area contributed by atoms with Gasteiger partial charge in [-0.1, -0.05) is 11.2 Å². The molecule has 0 saturated carbocycles. The average molecular weight is 287 g/mol. The molecule has 1 aromatic heterocycles. The summed E-state index contributed by atoms with van der Waals surface area (Å²) in [5.74, 6) is 0.807. The van der Waals surface area contributed by atoms with Gasteiger partial charge in [-0.15, -0.1) is 11.8 Å². The monoisotopic (exact) mass is 287 g/mol. The maximum absolute atomic E-state index is 9.35. The zero-order chi connectivity index (χ0) is 14.7. The third-order valence-corrected chi connectivity index (χ3v) is 4.03. The molecule has 1 aromatic carbocycles. The Bertz CT molecular complexity index is 638. The number of hydrogen-bond donors (Lipinski definition) is 1. The van der Waals surface area contributed by atoms with Gasteiger partial charge < -0.3 is 9.84 Å². The number of rotatable bonds is 4. The fraction of sp³-hybridized carbons (Fsp3) is 0.333. The molecule has 0 spiro atoms. The van der Waals surface area contributed by atoms with E-state index in [9.17, 15) is 5.26 Å². The van der Waals surface area contributed by atoms with Crippen LogP contribution in [-0.2, 0) is 0 Å². The minimum Gasteiger partial charge on any atom is -0.377 e. The highest BCUT2D eigenvalue weighted by molar-refractivity contribution is 7.98. The summed E-state index contributed by atoms with van der Waals surface area (Å²) in [5.41, 5.74) is 3.44. The number of anilines is 1. The number of aryl methyl sites for hydroxylation is 2. The molecule has 2 rings (SSSR count). The quantitative estimate of drug-likeness (QED) is 0.859. The summed E-state index contributed by atoms with van der Waals surface area (Å²) in [4.78, 5) is 0.975. The molecule has 104 valence electrons. The van der Waals surface area contributed by atoms with E-state index in [1.54, 1.807) is 11.8 Å². The first-order valence-electron chi connectivity index (χ1n) is 6.35. The van der Waals surface area contributed by atoms with Crippen molar-refractivity contribution in [3.05, 3.63) is 40.8 Å². The van der Waals surface area contributed by atoms with E-state index in [2.05, 4.69) is 16.5 Å². The van der Waals surface area contributed by atoms with Gasteiger partial charge in [0.15, 0.2) is 0 Å². The Hall–Kier alpha value is -1.93. The molecule has 0 amide bonds. The number of nitriles is 1. The van der Waals surface area contributed by atoms with Crippen LogP contribution in [0.2, 0.25) is 0 Å². The molecule has 2 aromatic rings. The van der Waals surface area contributed by atoms with Crippen molar-refractivity contribution in [3.8, 4) is 6.07 Å². The van der Waals surface area contributed by atoms with Gasteiger partial charge >= 0.3 is 0 Å². The minimum absolute atomic E-state index is 0.0328. The van der Waals surface area contributed by atoms with Crippen molar-refractivity contribution in [2.24, 2.45) is 0 Å². The Kier molecular flexibility index (Phi) is 4.35. The van der Waals surface area contributed by atoms with Gasteiger partial charge in [0.05, 0.1) is 23.0 Å². The summed E-state index contributed by atoms with van der Waals surface area (Å²) in [7, 11) is 0. The Morgan fingerprint density at radius 1 is 1.40 bits per heavy atom. The highest BCUT2D eigenvalue weighted by Crippen LogP contribution is 2.30. The molecule has 0 aliphatic rings. The SMILES string of the molecule is CSc1cccc(NC(C)c2c(C)noc2C)c1C#N. The zero-order valence-corrected chi connectivity index (χ0v) is 12.8. The van der Waals surface area contributed by atoms with Crippen LogP contribution in [0.15, 0.2) is 27.6 Å². The maximum Gasteiger partial charge on any atom is 0.139 e. The van der Waals surface area contributed by atoms with E-state index in [0.29, 0.717) is 5.56 Å². The van der Waals surface area contributed by atoms with E-state index < -0.39 is 0 Å². The molecule has 20 heavy (non-hydrogen) atoms. The number of nitrogens with one attached hydrogen (secondary N) is 1. The number of aromatic nitrogens is 1. The van der Waals surface area contributed by atoms with Gasteiger partial charge in [0.25, 0.3) is 0 Å². The molecule has 1 atom stereocenters. The lowest BCUT2D eigenvalue weighted by molar-refractivity contribution is 0.392. The Morgan fingerprint density at radius 2 is 2.15 bits per heavy atom. The highest BCUT2D eigenvalue weighted by Gasteiger charge is 2.18.